The average Bonchev–Trinajstić information content (AvgIpc) is 3.40. The Morgan fingerprint density at radius 1 is 1.24 bits per heavy atom. The Labute approximate surface area is 155 Å². The Kier molecular flexibility index (Phi) is 8.00. The van der Waals surface area contributed by atoms with Gasteiger partial charge >= 0.3 is 0 Å². The van der Waals surface area contributed by atoms with E-state index in [9.17, 15) is 0 Å². The van der Waals surface area contributed by atoms with Crippen molar-refractivity contribution in [3.8, 4) is 0 Å². The molecule has 2 rings (SSSR count). The first-order chi connectivity index (χ1) is 12.0. The van der Waals surface area contributed by atoms with Crippen molar-refractivity contribution < 1.29 is 9.47 Å². The summed E-state index contributed by atoms with van der Waals surface area (Å²) in [5, 5.41) is 0. The molecule has 2 aliphatic rings. The molecule has 2 nitrogen and oxygen atoms in total. The van der Waals surface area contributed by atoms with E-state index in [-0.39, 0.29) is 17.8 Å². The molecule has 0 saturated heterocycles. The van der Waals surface area contributed by atoms with Gasteiger partial charge in [0.1, 0.15) is 0 Å². The highest BCUT2D eigenvalue weighted by molar-refractivity contribution is 4.96. The summed E-state index contributed by atoms with van der Waals surface area (Å²) in [5.74, 6) is 1.99. The summed E-state index contributed by atoms with van der Waals surface area (Å²) in [6.07, 6.45) is 15.3. The van der Waals surface area contributed by atoms with E-state index in [1.54, 1.807) is 0 Å². The summed E-state index contributed by atoms with van der Waals surface area (Å²) < 4.78 is 12.5. The van der Waals surface area contributed by atoms with Gasteiger partial charge in [0.2, 0.25) is 0 Å². The van der Waals surface area contributed by atoms with Crippen LogP contribution in [0, 0.1) is 17.8 Å². The summed E-state index contributed by atoms with van der Waals surface area (Å²) in [6.45, 7) is 12.3. The highest BCUT2D eigenvalue weighted by Gasteiger charge is 2.39. The zero-order chi connectivity index (χ0) is 18.3. The standard InChI is InChI=1S/C23H38O2/c1-6-9-18-13-14-20(17-23(4,24-5)16-19-11-12-19)22(15-18)25-21(8-3)10-7-2/h8-9,18-22H,1,3,7,10-17H2,2,4-5H3/t18?,20?,21?,22?,23-/m1/s1. The molecule has 0 radical (unpaired) electrons. The Balaban J connectivity index is 2.05. The lowest BCUT2D eigenvalue weighted by atomic mass is 9.74. The molecule has 25 heavy (non-hydrogen) atoms. The number of hydrogen-bond acceptors (Lipinski definition) is 2. The van der Waals surface area contributed by atoms with Crippen molar-refractivity contribution in [3.05, 3.63) is 31.0 Å². The van der Waals surface area contributed by atoms with Crippen LogP contribution in [0.15, 0.2) is 31.0 Å². The molecule has 2 fully saturated rings. The zero-order valence-corrected chi connectivity index (χ0v) is 16.6. The van der Waals surface area contributed by atoms with Crippen LogP contribution in [-0.2, 0) is 9.47 Å². The van der Waals surface area contributed by atoms with E-state index >= 15 is 0 Å². The maximum atomic E-state index is 6.54. The third-order valence-corrected chi connectivity index (χ3v) is 6.11. The Bertz CT molecular complexity index is 461. The second-order valence-corrected chi connectivity index (χ2v) is 8.45. The van der Waals surface area contributed by atoms with Gasteiger partial charge in [-0.25, -0.2) is 0 Å². The monoisotopic (exact) mass is 346 g/mol. The molecule has 0 aromatic rings. The van der Waals surface area contributed by atoms with E-state index in [2.05, 4.69) is 38.8 Å². The first-order valence-electron chi connectivity index (χ1n) is 10.2. The van der Waals surface area contributed by atoms with Crippen LogP contribution in [0.2, 0.25) is 0 Å². The fraction of sp³-hybridized carbons (Fsp3) is 0.783. The van der Waals surface area contributed by atoms with E-state index in [1.807, 2.05) is 13.2 Å². The molecule has 2 heteroatoms. The molecule has 0 aromatic carbocycles. The molecule has 2 aliphatic carbocycles. The molecule has 0 bridgehead atoms. The van der Waals surface area contributed by atoms with Crippen molar-refractivity contribution in [2.75, 3.05) is 7.11 Å². The van der Waals surface area contributed by atoms with Crippen LogP contribution in [0.3, 0.4) is 0 Å². The van der Waals surface area contributed by atoms with Crippen molar-refractivity contribution >= 4 is 0 Å². The van der Waals surface area contributed by atoms with E-state index in [0.29, 0.717) is 11.8 Å². The van der Waals surface area contributed by atoms with Crippen molar-refractivity contribution in [2.45, 2.75) is 89.4 Å². The molecule has 0 aromatic heterocycles. The quantitative estimate of drug-likeness (QED) is 0.333. The number of allylic oxidation sites excluding steroid dienone is 1. The van der Waals surface area contributed by atoms with Gasteiger partial charge in [-0.1, -0.05) is 38.8 Å². The van der Waals surface area contributed by atoms with Crippen LogP contribution >= 0.6 is 0 Å². The Morgan fingerprint density at radius 3 is 2.56 bits per heavy atom. The lowest BCUT2D eigenvalue weighted by Crippen LogP contribution is -2.40. The molecule has 2 saturated carbocycles. The highest BCUT2D eigenvalue weighted by atomic mass is 16.5. The van der Waals surface area contributed by atoms with Gasteiger partial charge < -0.3 is 9.47 Å². The van der Waals surface area contributed by atoms with Gasteiger partial charge in [0.15, 0.2) is 0 Å². The molecule has 0 amide bonds. The number of rotatable bonds is 11. The van der Waals surface area contributed by atoms with Gasteiger partial charge in [-0.2, -0.15) is 0 Å². The van der Waals surface area contributed by atoms with Crippen LogP contribution in [0.25, 0.3) is 0 Å². The van der Waals surface area contributed by atoms with Crippen molar-refractivity contribution in [1.82, 2.24) is 0 Å². The van der Waals surface area contributed by atoms with Crippen LogP contribution < -0.4 is 0 Å². The summed E-state index contributed by atoms with van der Waals surface area (Å²) in [5.41, 5.74) is 2.97. The van der Waals surface area contributed by atoms with Gasteiger partial charge in [-0.3, -0.25) is 0 Å². The minimum absolute atomic E-state index is 0.0109. The first-order valence-corrected chi connectivity index (χ1v) is 10.2. The fourth-order valence-corrected chi connectivity index (χ4v) is 4.43. The van der Waals surface area contributed by atoms with Crippen molar-refractivity contribution in [1.29, 1.82) is 0 Å². The minimum atomic E-state index is -0.0109. The van der Waals surface area contributed by atoms with Crippen molar-refractivity contribution in [2.24, 2.45) is 17.8 Å². The Hall–Kier alpha value is -0.820. The predicted octanol–water partition coefficient (Wildman–Crippen LogP) is 6.08. The maximum absolute atomic E-state index is 6.54. The molecule has 142 valence electrons. The second kappa shape index (κ2) is 9.76. The average molecular weight is 347 g/mol. The molecular formula is C23H38O2. The summed E-state index contributed by atoms with van der Waals surface area (Å²) in [7, 11) is 1.88. The van der Waals surface area contributed by atoms with E-state index in [4.69, 9.17) is 9.47 Å². The lowest BCUT2D eigenvalue weighted by molar-refractivity contribution is -0.0892. The second-order valence-electron chi connectivity index (χ2n) is 8.45. The number of hydrogen-bond donors (Lipinski definition) is 0. The van der Waals surface area contributed by atoms with Crippen LogP contribution in [0.1, 0.15) is 71.6 Å². The van der Waals surface area contributed by atoms with Crippen LogP contribution in [0.5, 0.6) is 0 Å². The normalized spacial score (nSPS) is 30.1. The molecule has 0 spiro atoms. The third kappa shape index (κ3) is 6.44. The van der Waals surface area contributed by atoms with Gasteiger partial charge in [0, 0.05) is 7.11 Å². The lowest BCUT2D eigenvalue weighted by Gasteiger charge is -2.41. The minimum Gasteiger partial charge on any atom is -0.379 e. The van der Waals surface area contributed by atoms with Crippen molar-refractivity contribution in [3.63, 3.8) is 0 Å². The number of methoxy groups -OCH3 is 1. The predicted molar refractivity (Wildman–Crippen MR) is 106 cm³/mol. The maximum Gasteiger partial charge on any atom is 0.0757 e. The largest absolute Gasteiger partial charge is 0.379 e. The molecule has 0 N–H and O–H groups in total. The topological polar surface area (TPSA) is 18.5 Å². The SMILES string of the molecule is C=C=CC1CCC(C[C@@](C)(CC2CC2)OC)C(OC(C=C)CCC)C1. The molecule has 0 heterocycles. The zero-order valence-electron chi connectivity index (χ0n) is 16.6. The summed E-state index contributed by atoms with van der Waals surface area (Å²) >= 11 is 0. The summed E-state index contributed by atoms with van der Waals surface area (Å²) in [6, 6.07) is 0. The highest BCUT2D eigenvalue weighted by Crippen LogP contribution is 2.43. The molecule has 0 aliphatic heterocycles. The smallest absolute Gasteiger partial charge is 0.0757 e. The molecular weight excluding hydrogens is 308 g/mol. The fourth-order valence-electron chi connectivity index (χ4n) is 4.43. The van der Waals surface area contributed by atoms with Crippen LogP contribution in [0.4, 0.5) is 0 Å². The van der Waals surface area contributed by atoms with Gasteiger partial charge in [0.05, 0.1) is 17.8 Å². The number of ether oxygens (including phenoxy) is 2. The first kappa shape index (κ1) is 20.5. The third-order valence-electron chi connectivity index (χ3n) is 6.11. The van der Waals surface area contributed by atoms with E-state index in [0.717, 1.165) is 31.6 Å². The van der Waals surface area contributed by atoms with Crippen LogP contribution in [-0.4, -0.2) is 24.9 Å². The van der Waals surface area contributed by atoms with E-state index in [1.165, 1.54) is 32.1 Å². The van der Waals surface area contributed by atoms with E-state index < -0.39 is 0 Å². The van der Waals surface area contributed by atoms with Gasteiger partial charge in [-0.05, 0) is 69.3 Å². The van der Waals surface area contributed by atoms with Gasteiger partial charge in [-0.15, -0.1) is 12.3 Å². The summed E-state index contributed by atoms with van der Waals surface area (Å²) in [4.78, 5) is 0. The Morgan fingerprint density at radius 2 is 2.00 bits per heavy atom. The molecule has 5 atom stereocenters. The van der Waals surface area contributed by atoms with Gasteiger partial charge in [0.25, 0.3) is 0 Å². The molecule has 4 unspecified atom stereocenters.